The van der Waals surface area contributed by atoms with Gasteiger partial charge in [0, 0.05) is 37.6 Å². The van der Waals surface area contributed by atoms with Gasteiger partial charge in [0.05, 0.1) is 4.90 Å². The van der Waals surface area contributed by atoms with E-state index in [0.717, 1.165) is 31.2 Å². The molecule has 1 aliphatic rings. The predicted octanol–water partition coefficient (Wildman–Crippen LogP) is 4.61. The van der Waals surface area contributed by atoms with Gasteiger partial charge in [0.15, 0.2) is 0 Å². The average molecular weight is 534 g/mol. The van der Waals surface area contributed by atoms with E-state index in [-0.39, 0.29) is 42.3 Å². The highest BCUT2D eigenvalue weighted by Gasteiger charge is 2.28. The molecule has 1 atom stereocenters. The fourth-order valence-corrected chi connectivity index (χ4v) is 5.92. The third-order valence-corrected chi connectivity index (χ3v) is 8.78. The van der Waals surface area contributed by atoms with Crippen LogP contribution in [0.1, 0.15) is 57.4 Å². The first-order valence-electron chi connectivity index (χ1n) is 12.5. The second-order valence-corrected chi connectivity index (χ2v) is 11.9. The molecule has 7 nitrogen and oxygen atoms in total. The summed E-state index contributed by atoms with van der Waals surface area (Å²) in [5.41, 5.74) is 0.830. The minimum absolute atomic E-state index is 0.121. The van der Waals surface area contributed by atoms with E-state index in [4.69, 9.17) is 11.6 Å². The van der Waals surface area contributed by atoms with Crippen molar-refractivity contribution in [1.29, 1.82) is 0 Å². The normalized spacial score (nSPS) is 15.4. The van der Waals surface area contributed by atoms with Crippen LogP contribution in [0.4, 0.5) is 0 Å². The number of hydrogen-bond acceptors (Lipinski definition) is 4. The zero-order valence-electron chi connectivity index (χ0n) is 21.0. The van der Waals surface area contributed by atoms with Crippen molar-refractivity contribution in [3.8, 4) is 0 Å². The molecule has 0 radical (unpaired) electrons. The SMILES string of the molecule is C[C@@H](C(=O)NC1CCCCC1)N(Cc1cccc(Cl)c1)C(=O)CCCN(C)S(=O)(=O)c1ccccc1. The number of hydrogen-bond donors (Lipinski definition) is 1. The Labute approximate surface area is 219 Å². The zero-order chi connectivity index (χ0) is 26.1. The molecule has 1 aliphatic carbocycles. The van der Waals surface area contributed by atoms with Crippen LogP contribution in [0.5, 0.6) is 0 Å². The molecule has 36 heavy (non-hydrogen) atoms. The highest BCUT2D eigenvalue weighted by molar-refractivity contribution is 7.89. The maximum Gasteiger partial charge on any atom is 0.242 e. The van der Waals surface area contributed by atoms with Crippen LogP contribution in [-0.2, 0) is 26.2 Å². The molecule has 2 aromatic rings. The summed E-state index contributed by atoms with van der Waals surface area (Å²) in [6, 6.07) is 14.9. The lowest BCUT2D eigenvalue weighted by Gasteiger charge is -2.31. The summed E-state index contributed by atoms with van der Waals surface area (Å²) in [4.78, 5) is 28.2. The van der Waals surface area contributed by atoms with E-state index >= 15 is 0 Å². The third-order valence-electron chi connectivity index (χ3n) is 6.68. The van der Waals surface area contributed by atoms with E-state index < -0.39 is 16.1 Å². The number of amides is 2. The van der Waals surface area contributed by atoms with Crippen LogP contribution in [0.3, 0.4) is 0 Å². The Balaban J connectivity index is 1.65. The monoisotopic (exact) mass is 533 g/mol. The Morgan fingerprint density at radius 2 is 1.75 bits per heavy atom. The first-order chi connectivity index (χ1) is 17.2. The standard InChI is InChI=1S/C27H36ClN3O4S/c1-21(27(33)29-24-13-5-3-6-14-24)31(20-22-11-9-12-23(28)19-22)26(32)17-10-18-30(2)36(34,35)25-15-7-4-8-16-25/h4,7-9,11-12,15-16,19,21,24H,3,5-6,10,13-14,17-18,20H2,1-2H3,(H,29,33)/t21-/m0/s1. The summed E-state index contributed by atoms with van der Waals surface area (Å²) in [5.74, 6) is -0.368. The van der Waals surface area contributed by atoms with Gasteiger partial charge in [-0.3, -0.25) is 9.59 Å². The van der Waals surface area contributed by atoms with Crippen molar-refractivity contribution in [1.82, 2.24) is 14.5 Å². The number of carbonyl (C=O) groups excluding carboxylic acids is 2. The lowest BCUT2D eigenvalue weighted by molar-refractivity contribution is -0.141. The molecule has 9 heteroatoms. The second kappa shape index (κ2) is 13.2. The van der Waals surface area contributed by atoms with Crippen LogP contribution < -0.4 is 5.32 Å². The van der Waals surface area contributed by atoms with Gasteiger partial charge in [-0.1, -0.05) is 61.2 Å². The Bertz CT molecular complexity index is 1120. The molecule has 0 aromatic heterocycles. The molecule has 0 saturated heterocycles. The van der Waals surface area contributed by atoms with Gasteiger partial charge < -0.3 is 10.2 Å². The molecule has 2 aromatic carbocycles. The van der Waals surface area contributed by atoms with E-state index in [1.807, 2.05) is 12.1 Å². The smallest absolute Gasteiger partial charge is 0.242 e. The maximum absolute atomic E-state index is 13.3. The van der Waals surface area contributed by atoms with E-state index in [1.54, 1.807) is 54.3 Å². The van der Waals surface area contributed by atoms with Gasteiger partial charge in [0.25, 0.3) is 0 Å². The van der Waals surface area contributed by atoms with Crippen molar-refractivity contribution in [3.63, 3.8) is 0 Å². The number of rotatable bonds is 11. The minimum Gasteiger partial charge on any atom is -0.352 e. The van der Waals surface area contributed by atoms with Crippen molar-refractivity contribution in [2.45, 2.75) is 75.4 Å². The zero-order valence-corrected chi connectivity index (χ0v) is 22.6. The number of carbonyl (C=O) groups is 2. The van der Waals surface area contributed by atoms with Crippen molar-refractivity contribution in [2.75, 3.05) is 13.6 Å². The van der Waals surface area contributed by atoms with Gasteiger partial charge in [-0.05, 0) is 56.0 Å². The summed E-state index contributed by atoms with van der Waals surface area (Å²) in [5, 5.41) is 3.68. The van der Waals surface area contributed by atoms with Gasteiger partial charge in [-0.25, -0.2) is 12.7 Å². The molecule has 1 saturated carbocycles. The Morgan fingerprint density at radius 3 is 2.42 bits per heavy atom. The molecule has 2 amide bonds. The minimum atomic E-state index is -3.63. The highest BCUT2D eigenvalue weighted by atomic mass is 35.5. The maximum atomic E-state index is 13.3. The van der Waals surface area contributed by atoms with Crippen molar-refractivity contribution >= 4 is 33.4 Å². The second-order valence-electron chi connectivity index (χ2n) is 9.41. The molecular weight excluding hydrogens is 498 g/mol. The third kappa shape index (κ3) is 7.79. The number of benzene rings is 2. The lowest BCUT2D eigenvalue weighted by Crippen LogP contribution is -2.50. The van der Waals surface area contributed by atoms with Crippen molar-refractivity contribution in [2.24, 2.45) is 0 Å². The van der Waals surface area contributed by atoms with Gasteiger partial charge >= 0.3 is 0 Å². The van der Waals surface area contributed by atoms with Gasteiger partial charge in [0.2, 0.25) is 21.8 Å². The van der Waals surface area contributed by atoms with Crippen LogP contribution in [0.25, 0.3) is 0 Å². The fourth-order valence-electron chi connectivity index (χ4n) is 4.47. The Morgan fingerprint density at radius 1 is 1.06 bits per heavy atom. The predicted molar refractivity (Wildman–Crippen MR) is 142 cm³/mol. The fraction of sp³-hybridized carbons (Fsp3) is 0.481. The molecule has 1 N–H and O–H groups in total. The van der Waals surface area contributed by atoms with E-state index in [9.17, 15) is 18.0 Å². The summed E-state index contributed by atoms with van der Waals surface area (Å²) in [6.45, 7) is 2.18. The molecule has 0 bridgehead atoms. The molecule has 0 aliphatic heterocycles. The number of nitrogens with zero attached hydrogens (tertiary/aromatic N) is 2. The molecule has 3 rings (SSSR count). The average Bonchev–Trinajstić information content (AvgIpc) is 2.87. The van der Waals surface area contributed by atoms with Crippen LogP contribution >= 0.6 is 11.6 Å². The van der Waals surface area contributed by atoms with Gasteiger partial charge in [-0.2, -0.15) is 0 Å². The Hall–Kier alpha value is -2.42. The molecule has 1 fully saturated rings. The van der Waals surface area contributed by atoms with Crippen LogP contribution in [0, 0.1) is 0 Å². The van der Waals surface area contributed by atoms with E-state index in [0.29, 0.717) is 11.4 Å². The number of sulfonamides is 1. The number of halogens is 1. The first kappa shape index (κ1) is 28.2. The quantitative estimate of drug-likeness (QED) is 0.457. The summed E-state index contributed by atoms with van der Waals surface area (Å²) in [6.07, 6.45) is 5.77. The van der Waals surface area contributed by atoms with Crippen LogP contribution in [0.2, 0.25) is 5.02 Å². The van der Waals surface area contributed by atoms with Gasteiger partial charge in [-0.15, -0.1) is 0 Å². The van der Waals surface area contributed by atoms with Crippen LogP contribution in [-0.4, -0.2) is 55.1 Å². The first-order valence-corrected chi connectivity index (χ1v) is 14.4. The molecule has 0 spiro atoms. The van der Waals surface area contributed by atoms with Crippen molar-refractivity contribution < 1.29 is 18.0 Å². The topological polar surface area (TPSA) is 86.8 Å². The summed E-state index contributed by atoms with van der Waals surface area (Å²) in [7, 11) is -2.12. The molecule has 196 valence electrons. The largest absolute Gasteiger partial charge is 0.352 e. The van der Waals surface area contributed by atoms with Crippen molar-refractivity contribution in [3.05, 3.63) is 65.2 Å². The molecule has 0 heterocycles. The van der Waals surface area contributed by atoms with Gasteiger partial charge in [0.1, 0.15) is 6.04 Å². The molecule has 0 unspecified atom stereocenters. The molecular formula is C27H36ClN3O4S. The van der Waals surface area contributed by atoms with E-state index in [1.165, 1.54) is 17.8 Å². The van der Waals surface area contributed by atoms with E-state index in [2.05, 4.69) is 5.32 Å². The summed E-state index contributed by atoms with van der Waals surface area (Å²) < 4.78 is 26.8. The lowest BCUT2D eigenvalue weighted by atomic mass is 9.95. The summed E-state index contributed by atoms with van der Waals surface area (Å²) >= 11 is 6.15. The number of nitrogens with one attached hydrogen (secondary N) is 1. The Kier molecular flexibility index (Phi) is 10.3. The highest BCUT2D eigenvalue weighted by Crippen LogP contribution is 2.20. The van der Waals surface area contributed by atoms with Crippen LogP contribution in [0.15, 0.2) is 59.5 Å².